The van der Waals surface area contributed by atoms with E-state index in [0.29, 0.717) is 0 Å². The molecule has 0 saturated carbocycles. The highest BCUT2D eigenvalue weighted by Crippen LogP contribution is 2.36. The summed E-state index contributed by atoms with van der Waals surface area (Å²) in [6.45, 7) is 0. The van der Waals surface area contributed by atoms with E-state index in [4.69, 9.17) is 4.74 Å². The van der Waals surface area contributed by atoms with Gasteiger partial charge in [0.05, 0.1) is 17.3 Å². The van der Waals surface area contributed by atoms with E-state index in [9.17, 15) is 0 Å². The average molecular weight is 343 g/mol. The second-order valence-corrected chi connectivity index (χ2v) is 5.52. The van der Waals surface area contributed by atoms with Gasteiger partial charge in [-0.05, 0) is 40.2 Å². The van der Waals surface area contributed by atoms with E-state index in [2.05, 4.69) is 33.2 Å². The normalized spacial score (nSPS) is 10.6. The number of ether oxygens (including phenoxy) is 1. The predicted molar refractivity (Wildman–Crippen MR) is 88.3 cm³/mol. The van der Waals surface area contributed by atoms with Crippen LogP contribution in [0, 0.1) is 0 Å². The number of aryl methyl sites for hydroxylation is 1. The van der Waals surface area contributed by atoms with Crippen LogP contribution in [0.4, 0.5) is 0 Å². The molecule has 0 fully saturated rings. The molecule has 4 heteroatoms. The topological polar surface area (TPSA) is 27.1 Å². The van der Waals surface area contributed by atoms with Crippen LogP contribution in [-0.4, -0.2) is 16.9 Å². The number of nitrogens with zero attached hydrogens (tertiary/aromatic N) is 2. The molecule has 0 aliphatic heterocycles. The number of aromatic nitrogens is 2. The van der Waals surface area contributed by atoms with Crippen molar-refractivity contribution in [3.8, 4) is 28.3 Å². The first-order chi connectivity index (χ1) is 10.2. The fraction of sp³-hybridized carbons (Fsp3) is 0.118. The Morgan fingerprint density at radius 1 is 0.952 bits per heavy atom. The fourth-order valence-electron chi connectivity index (χ4n) is 2.34. The zero-order valence-electron chi connectivity index (χ0n) is 11.9. The number of benzene rings is 2. The molecule has 0 N–H and O–H groups in total. The Morgan fingerprint density at radius 3 is 2.24 bits per heavy atom. The van der Waals surface area contributed by atoms with Gasteiger partial charge in [0.25, 0.3) is 0 Å². The van der Waals surface area contributed by atoms with Crippen LogP contribution >= 0.6 is 15.9 Å². The minimum Gasteiger partial charge on any atom is -0.497 e. The number of methoxy groups -OCH3 is 1. The van der Waals surface area contributed by atoms with Gasteiger partial charge < -0.3 is 4.74 Å². The molecule has 1 aromatic heterocycles. The molecule has 106 valence electrons. The lowest BCUT2D eigenvalue weighted by atomic mass is 10.1. The summed E-state index contributed by atoms with van der Waals surface area (Å²) in [6, 6.07) is 18.2. The Hall–Kier alpha value is -2.07. The third kappa shape index (κ3) is 2.59. The first-order valence-electron chi connectivity index (χ1n) is 6.63. The number of hydrogen-bond donors (Lipinski definition) is 0. The van der Waals surface area contributed by atoms with E-state index in [1.165, 1.54) is 0 Å². The highest BCUT2D eigenvalue weighted by molar-refractivity contribution is 9.10. The number of hydrogen-bond acceptors (Lipinski definition) is 2. The lowest BCUT2D eigenvalue weighted by molar-refractivity contribution is 0.415. The summed E-state index contributed by atoms with van der Waals surface area (Å²) in [5.41, 5.74) is 4.19. The van der Waals surface area contributed by atoms with E-state index in [1.54, 1.807) is 7.11 Å². The molecule has 0 atom stereocenters. The fourth-order valence-corrected chi connectivity index (χ4v) is 3.13. The molecule has 0 bridgehead atoms. The van der Waals surface area contributed by atoms with E-state index >= 15 is 0 Å². The van der Waals surface area contributed by atoms with Crippen LogP contribution in [-0.2, 0) is 7.05 Å². The van der Waals surface area contributed by atoms with Crippen molar-refractivity contribution >= 4 is 15.9 Å². The Labute approximate surface area is 132 Å². The Bertz CT molecular complexity index is 748. The molecule has 0 amide bonds. The van der Waals surface area contributed by atoms with E-state index < -0.39 is 0 Å². The minimum absolute atomic E-state index is 0.842. The highest BCUT2D eigenvalue weighted by atomic mass is 79.9. The largest absolute Gasteiger partial charge is 0.497 e. The van der Waals surface area contributed by atoms with Gasteiger partial charge in [-0.15, -0.1) is 0 Å². The van der Waals surface area contributed by atoms with Crippen molar-refractivity contribution in [2.75, 3.05) is 7.11 Å². The minimum atomic E-state index is 0.842. The van der Waals surface area contributed by atoms with Crippen molar-refractivity contribution in [3.63, 3.8) is 0 Å². The molecule has 0 spiro atoms. The second-order valence-electron chi connectivity index (χ2n) is 4.73. The van der Waals surface area contributed by atoms with E-state index in [0.717, 1.165) is 32.7 Å². The summed E-state index contributed by atoms with van der Waals surface area (Å²) >= 11 is 3.70. The summed E-state index contributed by atoms with van der Waals surface area (Å²) in [5, 5.41) is 4.64. The maximum absolute atomic E-state index is 5.20. The average Bonchev–Trinajstić information content (AvgIpc) is 2.83. The zero-order chi connectivity index (χ0) is 14.8. The van der Waals surface area contributed by atoms with Crippen LogP contribution in [0.25, 0.3) is 22.5 Å². The van der Waals surface area contributed by atoms with Gasteiger partial charge in [-0.1, -0.05) is 30.3 Å². The molecule has 0 saturated heterocycles. The Kier molecular flexibility index (Phi) is 3.80. The van der Waals surface area contributed by atoms with Crippen LogP contribution in [0.15, 0.2) is 59.1 Å². The summed E-state index contributed by atoms with van der Waals surface area (Å²) in [7, 11) is 3.62. The van der Waals surface area contributed by atoms with Crippen molar-refractivity contribution in [3.05, 3.63) is 59.1 Å². The Balaban J connectivity index is 2.09. The first-order valence-corrected chi connectivity index (χ1v) is 7.42. The van der Waals surface area contributed by atoms with Gasteiger partial charge in [0.15, 0.2) is 0 Å². The molecule has 0 aliphatic rings. The van der Waals surface area contributed by atoms with Crippen molar-refractivity contribution in [2.45, 2.75) is 0 Å². The lowest BCUT2D eigenvalue weighted by Crippen LogP contribution is -1.93. The molecular formula is C17H15BrN2O. The third-order valence-electron chi connectivity index (χ3n) is 3.40. The molecule has 3 aromatic rings. The monoisotopic (exact) mass is 342 g/mol. The Morgan fingerprint density at radius 2 is 1.62 bits per heavy atom. The highest BCUT2D eigenvalue weighted by Gasteiger charge is 2.16. The first kappa shape index (κ1) is 13.9. The molecule has 21 heavy (non-hydrogen) atoms. The van der Waals surface area contributed by atoms with Crippen LogP contribution in [0.5, 0.6) is 5.75 Å². The smallest absolute Gasteiger partial charge is 0.118 e. The third-order valence-corrected chi connectivity index (χ3v) is 4.15. The SMILES string of the molecule is COc1ccc(-c2nn(C)c(-c3ccccc3)c2Br)cc1. The second kappa shape index (κ2) is 5.74. The van der Waals surface area contributed by atoms with Crippen molar-refractivity contribution in [1.82, 2.24) is 9.78 Å². The standard InChI is InChI=1S/C17H15BrN2O/c1-20-17(13-6-4-3-5-7-13)15(18)16(19-20)12-8-10-14(21-2)11-9-12/h3-11H,1-2H3. The predicted octanol–water partition coefficient (Wildman–Crippen LogP) is 4.53. The summed E-state index contributed by atoms with van der Waals surface area (Å²) in [5.74, 6) is 0.842. The maximum atomic E-state index is 5.20. The van der Waals surface area contributed by atoms with Gasteiger partial charge in [0.2, 0.25) is 0 Å². The molecule has 0 unspecified atom stereocenters. The van der Waals surface area contributed by atoms with Gasteiger partial charge in [0, 0.05) is 18.2 Å². The molecular weight excluding hydrogens is 328 g/mol. The number of halogens is 1. The molecule has 2 aromatic carbocycles. The van der Waals surface area contributed by atoms with Crippen LogP contribution in [0.1, 0.15) is 0 Å². The van der Waals surface area contributed by atoms with Gasteiger partial charge in [0.1, 0.15) is 11.4 Å². The summed E-state index contributed by atoms with van der Waals surface area (Å²) < 4.78 is 8.10. The van der Waals surface area contributed by atoms with Gasteiger partial charge in [-0.2, -0.15) is 5.10 Å². The van der Waals surface area contributed by atoms with Crippen molar-refractivity contribution in [2.24, 2.45) is 7.05 Å². The van der Waals surface area contributed by atoms with Gasteiger partial charge in [-0.3, -0.25) is 4.68 Å². The van der Waals surface area contributed by atoms with Crippen molar-refractivity contribution in [1.29, 1.82) is 0 Å². The van der Waals surface area contributed by atoms with Crippen LogP contribution in [0.2, 0.25) is 0 Å². The molecule has 1 heterocycles. The molecule has 3 rings (SSSR count). The molecule has 3 nitrogen and oxygen atoms in total. The van der Waals surface area contributed by atoms with E-state index in [1.807, 2.05) is 54.2 Å². The zero-order valence-corrected chi connectivity index (χ0v) is 13.5. The van der Waals surface area contributed by atoms with Crippen molar-refractivity contribution < 1.29 is 4.74 Å². The molecule has 0 radical (unpaired) electrons. The maximum Gasteiger partial charge on any atom is 0.118 e. The summed E-state index contributed by atoms with van der Waals surface area (Å²) in [4.78, 5) is 0. The summed E-state index contributed by atoms with van der Waals surface area (Å²) in [6.07, 6.45) is 0. The molecule has 0 aliphatic carbocycles. The number of rotatable bonds is 3. The lowest BCUT2D eigenvalue weighted by Gasteiger charge is -2.02. The van der Waals surface area contributed by atoms with E-state index in [-0.39, 0.29) is 0 Å². The van der Waals surface area contributed by atoms with Gasteiger partial charge in [-0.25, -0.2) is 0 Å². The van der Waals surface area contributed by atoms with Gasteiger partial charge >= 0.3 is 0 Å². The quantitative estimate of drug-likeness (QED) is 0.699. The van der Waals surface area contributed by atoms with Crippen LogP contribution < -0.4 is 4.74 Å². The van der Waals surface area contributed by atoms with Crippen LogP contribution in [0.3, 0.4) is 0 Å².